The van der Waals surface area contributed by atoms with E-state index in [4.69, 9.17) is 14.5 Å². The minimum Gasteiger partial charge on any atom is -0.494 e. The predicted molar refractivity (Wildman–Crippen MR) is 118 cm³/mol. The largest absolute Gasteiger partial charge is 0.494 e. The molecule has 1 heterocycles. The fraction of sp³-hybridized carbons (Fsp3) is 0.375. The highest BCUT2D eigenvalue weighted by Gasteiger charge is 2.16. The van der Waals surface area contributed by atoms with Crippen molar-refractivity contribution in [1.82, 2.24) is 9.55 Å². The van der Waals surface area contributed by atoms with Gasteiger partial charge in [0.1, 0.15) is 18.1 Å². The summed E-state index contributed by atoms with van der Waals surface area (Å²) in [6, 6.07) is 15.4. The second-order valence-corrected chi connectivity index (χ2v) is 7.08. The molecule has 0 fully saturated rings. The molecule has 1 aromatic heterocycles. The lowest BCUT2D eigenvalue weighted by Gasteiger charge is -2.10. The van der Waals surface area contributed by atoms with Crippen LogP contribution < -0.4 is 4.74 Å². The summed E-state index contributed by atoms with van der Waals surface area (Å²) in [5.41, 5.74) is 2.53. The van der Waals surface area contributed by atoms with Gasteiger partial charge in [-0.15, -0.1) is 0 Å². The fourth-order valence-electron chi connectivity index (χ4n) is 3.34. The SMILES string of the molecule is CCOC(=O)Cn1c(-c2ccccc2)nc2ccc(OCCCCCC(=O)OC)cc21. The van der Waals surface area contributed by atoms with E-state index in [9.17, 15) is 9.59 Å². The van der Waals surface area contributed by atoms with Crippen LogP contribution in [0, 0.1) is 0 Å². The summed E-state index contributed by atoms with van der Waals surface area (Å²) >= 11 is 0. The molecule has 3 aromatic rings. The molecule has 0 aliphatic rings. The molecule has 31 heavy (non-hydrogen) atoms. The number of unbranched alkanes of at least 4 members (excludes halogenated alkanes) is 2. The molecule has 7 heteroatoms. The number of rotatable bonds is 11. The van der Waals surface area contributed by atoms with E-state index in [0.717, 1.165) is 35.9 Å². The number of methoxy groups -OCH3 is 1. The monoisotopic (exact) mass is 424 g/mol. The first-order valence-electron chi connectivity index (χ1n) is 10.5. The van der Waals surface area contributed by atoms with Crippen LogP contribution in [0.25, 0.3) is 22.4 Å². The third-order valence-electron chi connectivity index (χ3n) is 4.87. The Morgan fingerprint density at radius 2 is 1.81 bits per heavy atom. The molecule has 3 rings (SSSR count). The molecule has 164 valence electrons. The smallest absolute Gasteiger partial charge is 0.326 e. The standard InChI is InChI=1S/C24H28N2O5/c1-3-30-23(28)17-26-21-16-19(31-15-9-5-8-12-22(27)29-2)13-14-20(21)25-24(26)18-10-6-4-7-11-18/h4,6-7,10-11,13-14,16H,3,5,8-9,12,15,17H2,1-2H3. The van der Waals surface area contributed by atoms with Crippen LogP contribution >= 0.6 is 0 Å². The van der Waals surface area contributed by atoms with E-state index in [1.807, 2.05) is 53.1 Å². The van der Waals surface area contributed by atoms with Gasteiger partial charge in [-0.1, -0.05) is 30.3 Å². The van der Waals surface area contributed by atoms with E-state index in [0.29, 0.717) is 31.2 Å². The molecular weight excluding hydrogens is 396 g/mol. The summed E-state index contributed by atoms with van der Waals surface area (Å²) in [4.78, 5) is 28.1. The predicted octanol–water partition coefficient (Wildman–Crippen LogP) is 4.38. The number of imidazole rings is 1. The fourth-order valence-corrected chi connectivity index (χ4v) is 3.34. The molecular formula is C24H28N2O5. The van der Waals surface area contributed by atoms with Crippen LogP contribution in [0.2, 0.25) is 0 Å². The van der Waals surface area contributed by atoms with E-state index in [2.05, 4.69) is 4.74 Å². The third kappa shape index (κ3) is 6.07. The Balaban J connectivity index is 1.75. The Kier molecular flexibility index (Phi) is 8.04. The van der Waals surface area contributed by atoms with Crippen LogP contribution in [0.1, 0.15) is 32.6 Å². The molecule has 0 amide bonds. The average Bonchev–Trinajstić information content (AvgIpc) is 3.14. The number of esters is 2. The zero-order valence-corrected chi connectivity index (χ0v) is 18.0. The number of fused-ring (bicyclic) bond motifs is 1. The molecule has 0 atom stereocenters. The number of hydrogen-bond donors (Lipinski definition) is 0. The normalized spacial score (nSPS) is 10.8. The van der Waals surface area contributed by atoms with Gasteiger partial charge in [-0.05, 0) is 38.3 Å². The minimum absolute atomic E-state index is 0.0749. The van der Waals surface area contributed by atoms with Gasteiger partial charge in [-0.25, -0.2) is 4.98 Å². The van der Waals surface area contributed by atoms with E-state index >= 15 is 0 Å². The number of benzene rings is 2. The van der Waals surface area contributed by atoms with Crippen molar-refractivity contribution in [3.8, 4) is 17.1 Å². The Morgan fingerprint density at radius 1 is 1.00 bits per heavy atom. The number of carbonyl (C=O) groups excluding carboxylic acids is 2. The van der Waals surface area contributed by atoms with Gasteiger partial charge in [0.2, 0.25) is 0 Å². The summed E-state index contributed by atoms with van der Waals surface area (Å²) < 4.78 is 17.6. The summed E-state index contributed by atoms with van der Waals surface area (Å²) in [6.45, 7) is 2.74. The van der Waals surface area contributed by atoms with Crippen molar-refractivity contribution < 1.29 is 23.8 Å². The first-order chi connectivity index (χ1) is 15.1. The summed E-state index contributed by atoms with van der Waals surface area (Å²) in [7, 11) is 1.40. The number of hydrogen-bond acceptors (Lipinski definition) is 6. The molecule has 0 aliphatic heterocycles. The van der Waals surface area contributed by atoms with Gasteiger partial charge < -0.3 is 18.8 Å². The minimum atomic E-state index is -0.309. The van der Waals surface area contributed by atoms with Gasteiger partial charge in [0.25, 0.3) is 0 Å². The molecule has 2 aromatic carbocycles. The van der Waals surface area contributed by atoms with Crippen molar-refractivity contribution in [3.63, 3.8) is 0 Å². The van der Waals surface area contributed by atoms with Crippen molar-refractivity contribution in [2.24, 2.45) is 0 Å². The van der Waals surface area contributed by atoms with Crippen LogP contribution in [0.3, 0.4) is 0 Å². The molecule has 0 bridgehead atoms. The zero-order chi connectivity index (χ0) is 22.1. The maximum Gasteiger partial charge on any atom is 0.326 e. The van der Waals surface area contributed by atoms with Crippen LogP contribution in [0.4, 0.5) is 0 Å². The highest BCUT2D eigenvalue weighted by molar-refractivity contribution is 5.84. The third-order valence-corrected chi connectivity index (χ3v) is 4.87. The van der Waals surface area contributed by atoms with Crippen molar-refractivity contribution >= 4 is 23.0 Å². The van der Waals surface area contributed by atoms with E-state index in [1.165, 1.54) is 7.11 Å². The van der Waals surface area contributed by atoms with Crippen LogP contribution in [-0.4, -0.2) is 41.8 Å². The highest BCUT2D eigenvalue weighted by Crippen LogP contribution is 2.28. The lowest BCUT2D eigenvalue weighted by atomic mass is 10.2. The van der Waals surface area contributed by atoms with Gasteiger partial charge >= 0.3 is 11.9 Å². The van der Waals surface area contributed by atoms with Gasteiger partial charge in [-0.3, -0.25) is 9.59 Å². The lowest BCUT2D eigenvalue weighted by Crippen LogP contribution is -2.14. The lowest BCUT2D eigenvalue weighted by molar-refractivity contribution is -0.143. The molecule has 7 nitrogen and oxygen atoms in total. The van der Waals surface area contributed by atoms with Gasteiger partial charge in [0.05, 0.1) is 31.4 Å². The van der Waals surface area contributed by atoms with Crippen molar-refractivity contribution in [2.75, 3.05) is 20.3 Å². The molecule has 0 saturated carbocycles. The molecule has 0 unspecified atom stereocenters. The van der Waals surface area contributed by atoms with Crippen LogP contribution in [0.5, 0.6) is 5.75 Å². The Hall–Kier alpha value is -3.35. The zero-order valence-electron chi connectivity index (χ0n) is 18.0. The Labute approximate surface area is 181 Å². The van der Waals surface area contributed by atoms with Gasteiger partial charge in [0, 0.05) is 18.1 Å². The highest BCUT2D eigenvalue weighted by atomic mass is 16.5. The number of nitrogens with zero attached hydrogens (tertiary/aromatic N) is 2. The summed E-state index contributed by atoms with van der Waals surface area (Å²) in [5, 5.41) is 0. The Bertz CT molecular complexity index is 1010. The number of aromatic nitrogens is 2. The van der Waals surface area contributed by atoms with Crippen molar-refractivity contribution in [1.29, 1.82) is 0 Å². The van der Waals surface area contributed by atoms with Crippen molar-refractivity contribution in [3.05, 3.63) is 48.5 Å². The molecule has 0 aliphatic carbocycles. The number of ether oxygens (including phenoxy) is 3. The summed E-state index contributed by atoms with van der Waals surface area (Å²) in [6.07, 6.45) is 2.93. The average molecular weight is 424 g/mol. The van der Waals surface area contributed by atoms with E-state index < -0.39 is 0 Å². The van der Waals surface area contributed by atoms with Crippen LogP contribution in [-0.2, 0) is 25.6 Å². The topological polar surface area (TPSA) is 79.7 Å². The maximum atomic E-state index is 12.2. The first-order valence-corrected chi connectivity index (χ1v) is 10.5. The molecule has 0 spiro atoms. The molecule has 0 N–H and O–H groups in total. The van der Waals surface area contributed by atoms with E-state index in [1.54, 1.807) is 6.92 Å². The quantitative estimate of drug-likeness (QED) is 0.336. The second kappa shape index (κ2) is 11.2. The Morgan fingerprint density at radius 3 is 2.55 bits per heavy atom. The summed E-state index contributed by atoms with van der Waals surface area (Å²) in [5.74, 6) is 0.931. The molecule has 0 saturated heterocycles. The van der Waals surface area contributed by atoms with Gasteiger partial charge in [0.15, 0.2) is 0 Å². The first kappa shape index (κ1) is 22.3. The van der Waals surface area contributed by atoms with Gasteiger partial charge in [-0.2, -0.15) is 0 Å². The van der Waals surface area contributed by atoms with E-state index in [-0.39, 0.29) is 18.5 Å². The number of carbonyl (C=O) groups is 2. The molecule has 0 radical (unpaired) electrons. The maximum absolute atomic E-state index is 12.2. The second-order valence-electron chi connectivity index (χ2n) is 7.08. The van der Waals surface area contributed by atoms with Crippen molar-refractivity contribution in [2.45, 2.75) is 39.2 Å². The van der Waals surface area contributed by atoms with Crippen LogP contribution in [0.15, 0.2) is 48.5 Å².